The van der Waals surface area contributed by atoms with Crippen molar-refractivity contribution < 1.29 is 4.74 Å². The standard InChI is InChI=1S/C16H23N3O/c1-4-11-20-15-7-5-14(6-8-15)16(17-3)12-19-10-9-18-13(19)2/h5-10,16-17H,4,11-12H2,1-3H3. The van der Waals surface area contributed by atoms with E-state index in [1.165, 1.54) is 5.56 Å². The summed E-state index contributed by atoms with van der Waals surface area (Å²) < 4.78 is 7.77. The number of hydrogen-bond acceptors (Lipinski definition) is 3. The molecule has 0 fully saturated rings. The molecule has 20 heavy (non-hydrogen) atoms. The van der Waals surface area contributed by atoms with Crippen LogP contribution in [0.2, 0.25) is 0 Å². The van der Waals surface area contributed by atoms with E-state index >= 15 is 0 Å². The molecule has 0 aliphatic carbocycles. The molecule has 1 aromatic carbocycles. The summed E-state index contributed by atoms with van der Waals surface area (Å²) >= 11 is 0. The number of ether oxygens (including phenoxy) is 1. The molecular formula is C16H23N3O. The maximum Gasteiger partial charge on any atom is 0.119 e. The van der Waals surface area contributed by atoms with Crippen molar-refractivity contribution in [2.24, 2.45) is 0 Å². The fourth-order valence-electron chi connectivity index (χ4n) is 2.17. The van der Waals surface area contributed by atoms with Gasteiger partial charge in [-0.05, 0) is 38.1 Å². The van der Waals surface area contributed by atoms with E-state index in [4.69, 9.17) is 4.74 Å². The summed E-state index contributed by atoms with van der Waals surface area (Å²) in [5, 5.41) is 3.36. The molecule has 2 aromatic rings. The van der Waals surface area contributed by atoms with Crippen LogP contribution in [-0.2, 0) is 6.54 Å². The second-order valence-corrected chi connectivity index (χ2v) is 4.89. The molecule has 108 valence electrons. The molecule has 1 N–H and O–H groups in total. The molecule has 1 aromatic heterocycles. The van der Waals surface area contributed by atoms with Crippen molar-refractivity contribution in [3.63, 3.8) is 0 Å². The van der Waals surface area contributed by atoms with Gasteiger partial charge in [-0.1, -0.05) is 19.1 Å². The fourth-order valence-corrected chi connectivity index (χ4v) is 2.17. The van der Waals surface area contributed by atoms with Crippen molar-refractivity contribution >= 4 is 0 Å². The number of nitrogens with zero attached hydrogens (tertiary/aromatic N) is 2. The first-order valence-electron chi connectivity index (χ1n) is 7.12. The molecule has 0 saturated heterocycles. The van der Waals surface area contributed by atoms with Crippen LogP contribution < -0.4 is 10.1 Å². The molecule has 0 spiro atoms. The average molecular weight is 273 g/mol. The SMILES string of the molecule is CCCOc1ccc(C(Cn2ccnc2C)NC)cc1. The maximum absolute atomic E-state index is 5.61. The van der Waals surface area contributed by atoms with Crippen molar-refractivity contribution in [1.82, 2.24) is 14.9 Å². The molecule has 0 aliphatic heterocycles. The molecule has 0 aliphatic rings. The van der Waals surface area contributed by atoms with Gasteiger partial charge in [0.1, 0.15) is 11.6 Å². The molecule has 4 nitrogen and oxygen atoms in total. The van der Waals surface area contributed by atoms with Crippen molar-refractivity contribution in [2.75, 3.05) is 13.7 Å². The molecular weight excluding hydrogens is 250 g/mol. The van der Waals surface area contributed by atoms with Crippen LogP contribution in [0.3, 0.4) is 0 Å². The van der Waals surface area contributed by atoms with Gasteiger partial charge in [0.2, 0.25) is 0 Å². The number of hydrogen-bond donors (Lipinski definition) is 1. The average Bonchev–Trinajstić information content (AvgIpc) is 2.88. The minimum atomic E-state index is 0.267. The van der Waals surface area contributed by atoms with Crippen LogP contribution in [0, 0.1) is 6.92 Å². The Morgan fingerprint density at radius 3 is 2.60 bits per heavy atom. The first kappa shape index (κ1) is 14.6. The quantitative estimate of drug-likeness (QED) is 0.843. The summed E-state index contributed by atoms with van der Waals surface area (Å²) in [4.78, 5) is 4.26. The van der Waals surface area contributed by atoms with Crippen molar-refractivity contribution in [3.8, 4) is 5.75 Å². The first-order valence-corrected chi connectivity index (χ1v) is 7.12. The lowest BCUT2D eigenvalue weighted by atomic mass is 10.1. The van der Waals surface area contributed by atoms with E-state index in [1.54, 1.807) is 0 Å². The van der Waals surface area contributed by atoms with Crippen molar-refractivity contribution in [1.29, 1.82) is 0 Å². The van der Waals surface area contributed by atoms with Crippen molar-refractivity contribution in [3.05, 3.63) is 48.0 Å². The molecule has 0 amide bonds. The van der Waals surface area contributed by atoms with Gasteiger partial charge >= 0.3 is 0 Å². The van der Waals surface area contributed by atoms with Gasteiger partial charge in [0.25, 0.3) is 0 Å². The summed E-state index contributed by atoms with van der Waals surface area (Å²) in [5.74, 6) is 1.97. The number of rotatable bonds is 7. The van der Waals surface area contributed by atoms with E-state index in [0.29, 0.717) is 0 Å². The Labute approximate surface area is 120 Å². The van der Waals surface area contributed by atoms with Gasteiger partial charge in [-0.3, -0.25) is 0 Å². The zero-order valence-electron chi connectivity index (χ0n) is 12.5. The monoisotopic (exact) mass is 273 g/mol. The molecule has 1 atom stereocenters. The van der Waals surface area contributed by atoms with Crippen LogP contribution in [0.4, 0.5) is 0 Å². The molecule has 2 rings (SSSR count). The molecule has 0 bridgehead atoms. The van der Waals surface area contributed by atoms with Crippen molar-refractivity contribution in [2.45, 2.75) is 32.9 Å². The lowest BCUT2D eigenvalue weighted by Gasteiger charge is -2.18. The predicted octanol–water partition coefficient (Wildman–Crippen LogP) is 2.94. The third-order valence-electron chi connectivity index (χ3n) is 3.41. The predicted molar refractivity (Wildman–Crippen MR) is 81.0 cm³/mol. The van der Waals surface area contributed by atoms with E-state index in [2.05, 4.69) is 33.9 Å². The van der Waals surface area contributed by atoms with E-state index < -0.39 is 0 Å². The minimum absolute atomic E-state index is 0.267. The summed E-state index contributed by atoms with van der Waals surface area (Å²) in [6, 6.07) is 8.59. The first-order chi connectivity index (χ1) is 9.74. The lowest BCUT2D eigenvalue weighted by molar-refractivity contribution is 0.317. The number of imidazole rings is 1. The van der Waals surface area contributed by atoms with Crippen LogP contribution in [0.1, 0.15) is 30.8 Å². The highest BCUT2D eigenvalue weighted by atomic mass is 16.5. The van der Waals surface area contributed by atoms with Gasteiger partial charge in [0.15, 0.2) is 0 Å². The van der Waals surface area contributed by atoms with E-state index in [0.717, 1.165) is 31.1 Å². The summed E-state index contributed by atoms with van der Waals surface area (Å²) in [7, 11) is 1.98. The topological polar surface area (TPSA) is 39.1 Å². The summed E-state index contributed by atoms with van der Waals surface area (Å²) in [5.41, 5.74) is 1.25. The molecule has 0 saturated carbocycles. The van der Waals surface area contributed by atoms with Gasteiger partial charge < -0.3 is 14.6 Å². The Morgan fingerprint density at radius 1 is 1.30 bits per heavy atom. The Hall–Kier alpha value is -1.81. The highest BCUT2D eigenvalue weighted by molar-refractivity contribution is 5.29. The van der Waals surface area contributed by atoms with Crippen LogP contribution in [0.15, 0.2) is 36.7 Å². The van der Waals surface area contributed by atoms with Crippen LogP contribution in [-0.4, -0.2) is 23.2 Å². The maximum atomic E-state index is 5.61. The summed E-state index contributed by atoms with van der Waals surface area (Å²) in [6.45, 7) is 5.77. The molecule has 1 unspecified atom stereocenters. The number of nitrogens with one attached hydrogen (secondary N) is 1. The smallest absolute Gasteiger partial charge is 0.119 e. The van der Waals surface area contributed by atoms with Gasteiger partial charge in [-0.25, -0.2) is 4.98 Å². The lowest BCUT2D eigenvalue weighted by Crippen LogP contribution is -2.22. The number of aromatic nitrogens is 2. The van der Waals surface area contributed by atoms with Crippen LogP contribution in [0.25, 0.3) is 0 Å². The van der Waals surface area contributed by atoms with E-state index in [1.807, 2.05) is 38.5 Å². The molecule has 0 radical (unpaired) electrons. The van der Waals surface area contributed by atoms with Gasteiger partial charge in [0.05, 0.1) is 6.61 Å². The highest BCUT2D eigenvalue weighted by Gasteiger charge is 2.11. The Balaban J connectivity index is 2.05. The number of likely N-dealkylation sites (N-methyl/N-ethyl adjacent to an activating group) is 1. The van der Waals surface area contributed by atoms with E-state index in [-0.39, 0.29) is 6.04 Å². The van der Waals surface area contributed by atoms with Crippen LogP contribution >= 0.6 is 0 Å². The zero-order chi connectivity index (χ0) is 14.4. The second kappa shape index (κ2) is 7.10. The number of aryl methyl sites for hydroxylation is 1. The normalized spacial score (nSPS) is 12.3. The Morgan fingerprint density at radius 2 is 2.05 bits per heavy atom. The Kier molecular flexibility index (Phi) is 5.18. The highest BCUT2D eigenvalue weighted by Crippen LogP contribution is 2.19. The van der Waals surface area contributed by atoms with Gasteiger partial charge in [-0.2, -0.15) is 0 Å². The molecule has 4 heteroatoms. The van der Waals surface area contributed by atoms with E-state index in [9.17, 15) is 0 Å². The van der Waals surface area contributed by atoms with Gasteiger partial charge in [-0.15, -0.1) is 0 Å². The third kappa shape index (κ3) is 3.61. The largest absolute Gasteiger partial charge is 0.494 e. The number of benzene rings is 1. The second-order valence-electron chi connectivity index (χ2n) is 4.89. The zero-order valence-corrected chi connectivity index (χ0v) is 12.5. The minimum Gasteiger partial charge on any atom is -0.494 e. The third-order valence-corrected chi connectivity index (χ3v) is 3.41. The van der Waals surface area contributed by atoms with Crippen LogP contribution in [0.5, 0.6) is 5.75 Å². The van der Waals surface area contributed by atoms with Gasteiger partial charge in [0, 0.05) is 25.0 Å². The summed E-state index contributed by atoms with van der Waals surface area (Å²) in [6.07, 6.45) is 4.88. The molecule has 1 heterocycles. The fraction of sp³-hybridized carbons (Fsp3) is 0.438. The Bertz CT molecular complexity index is 519.